The van der Waals surface area contributed by atoms with Crippen LogP contribution in [-0.4, -0.2) is 27.7 Å². The standard InChI is InChI=1S/C13H15FN2O3S/c1-19-11-3-2-10(7-11)16-20(17,18)12-4-5-13(14)9(6-12)8-15/h4-6,10-11,16H,2-3,7H2,1H3. The van der Waals surface area contributed by atoms with E-state index in [9.17, 15) is 12.8 Å². The second kappa shape index (κ2) is 5.87. The maximum Gasteiger partial charge on any atom is 0.240 e. The summed E-state index contributed by atoms with van der Waals surface area (Å²) in [5.74, 6) is -0.730. The predicted molar refractivity (Wildman–Crippen MR) is 69.9 cm³/mol. The molecule has 1 aliphatic rings. The Morgan fingerprint density at radius 1 is 1.45 bits per heavy atom. The van der Waals surface area contributed by atoms with E-state index in [2.05, 4.69) is 4.72 Å². The van der Waals surface area contributed by atoms with Crippen molar-refractivity contribution in [3.63, 3.8) is 0 Å². The van der Waals surface area contributed by atoms with E-state index in [0.717, 1.165) is 24.6 Å². The van der Waals surface area contributed by atoms with Crippen molar-refractivity contribution >= 4 is 10.0 Å². The molecular formula is C13H15FN2O3S. The first-order valence-corrected chi connectivity index (χ1v) is 7.69. The number of methoxy groups -OCH3 is 1. The zero-order valence-corrected chi connectivity index (χ0v) is 11.8. The van der Waals surface area contributed by atoms with Crippen molar-refractivity contribution in [1.29, 1.82) is 5.26 Å². The van der Waals surface area contributed by atoms with Crippen LogP contribution in [-0.2, 0) is 14.8 Å². The van der Waals surface area contributed by atoms with Gasteiger partial charge in [0.15, 0.2) is 0 Å². The summed E-state index contributed by atoms with van der Waals surface area (Å²) >= 11 is 0. The number of halogens is 1. The van der Waals surface area contributed by atoms with Gasteiger partial charge in [-0.2, -0.15) is 5.26 Å². The fourth-order valence-electron chi connectivity index (χ4n) is 2.31. The van der Waals surface area contributed by atoms with Gasteiger partial charge in [-0.1, -0.05) is 0 Å². The number of nitriles is 1. The number of hydrogen-bond donors (Lipinski definition) is 1. The van der Waals surface area contributed by atoms with Gasteiger partial charge >= 0.3 is 0 Å². The molecule has 1 saturated carbocycles. The Bertz CT molecular complexity index is 640. The monoisotopic (exact) mass is 298 g/mol. The van der Waals surface area contributed by atoms with Gasteiger partial charge in [0.05, 0.1) is 16.6 Å². The molecule has 1 aliphatic carbocycles. The maximum absolute atomic E-state index is 13.2. The zero-order valence-electron chi connectivity index (χ0n) is 11.0. The first-order chi connectivity index (χ1) is 9.46. The van der Waals surface area contributed by atoms with E-state index in [1.807, 2.05) is 0 Å². The summed E-state index contributed by atoms with van der Waals surface area (Å²) in [4.78, 5) is -0.101. The lowest BCUT2D eigenvalue weighted by Gasteiger charge is -2.13. The molecule has 2 rings (SSSR count). The second-order valence-corrected chi connectivity index (χ2v) is 6.46. The summed E-state index contributed by atoms with van der Waals surface area (Å²) in [6.45, 7) is 0. The van der Waals surface area contributed by atoms with Crippen LogP contribution in [0, 0.1) is 17.1 Å². The zero-order chi connectivity index (χ0) is 14.8. The Balaban J connectivity index is 2.17. The highest BCUT2D eigenvalue weighted by molar-refractivity contribution is 7.89. The Morgan fingerprint density at radius 2 is 2.20 bits per heavy atom. The van der Waals surface area contributed by atoms with Crippen LogP contribution < -0.4 is 4.72 Å². The molecule has 1 aromatic rings. The van der Waals surface area contributed by atoms with Crippen LogP contribution in [0.3, 0.4) is 0 Å². The second-order valence-electron chi connectivity index (χ2n) is 4.74. The number of sulfonamides is 1. The van der Waals surface area contributed by atoms with Crippen molar-refractivity contribution in [3.8, 4) is 6.07 Å². The molecule has 1 aromatic carbocycles. The van der Waals surface area contributed by atoms with Gasteiger partial charge in [0.2, 0.25) is 10.0 Å². The molecule has 0 spiro atoms. The van der Waals surface area contributed by atoms with Crippen molar-refractivity contribution in [3.05, 3.63) is 29.6 Å². The minimum atomic E-state index is -3.75. The highest BCUT2D eigenvalue weighted by Gasteiger charge is 2.28. The van der Waals surface area contributed by atoms with E-state index < -0.39 is 15.8 Å². The molecule has 20 heavy (non-hydrogen) atoms. The number of benzene rings is 1. The lowest BCUT2D eigenvalue weighted by molar-refractivity contribution is 0.107. The lowest BCUT2D eigenvalue weighted by atomic mass is 10.2. The van der Waals surface area contributed by atoms with Crippen molar-refractivity contribution < 1.29 is 17.5 Å². The number of ether oxygens (including phenoxy) is 1. The molecular weight excluding hydrogens is 283 g/mol. The Morgan fingerprint density at radius 3 is 2.80 bits per heavy atom. The fourth-order valence-corrected chi connectivity index (χ4v) is 3.62. The first kappa shape index (κ1) is 14.9. The Hall–Kier alpha value is -1.49. The van der Waals surface area contributed by atoms with Gasteiger partial charge in [0.25, 0.3) is 0 Å². The minimum Gasteiger partial charge on any atom is -0.381 e. The summed E-state index contributed by atoms with van der Waals surface area (Å²) in [6.07, 6.45) is 2.17. The molecule has 108 valence electrons. The molecule has 0 bridgehead atoms. The van der Waals surface area contributed by atoms with Crippen molar-refractivity contribution in [2.75, 3.05) is 7.11 Å². The van der Waals surface area contributed by atoms with Gasteiger partial charge in [0, 0.05) is 13.2 Å². The van der Waals surface area contributed by atoms with Gasteiger partial charge in [-0.25, -0.2) is 17.5 Å². The summed E-state index contributed by atoms with van der Waals surface area (Å²) in [5.41, 5.74) is -0.283. The molecule has 1 fully saturated rings. The van der Waals surface area contributed by atoms with E-state index in [1.54, 1.807) is 13.2 Å². The van der Waals surface area contributed by atoms with Crippen LogP contribution in [0.25, 0.3) is 0 Å². The number of hydrogen-bond acceptors (Lipinski definition) is 4. The summed E-state index contributed by atoms with van der Waals surface area (Å²) < 4.78 is 45.3. The van der Waals surface area contributed by atoms with Crippen molar-refractivity contribution in [1.82, 2.24) is 4.72 Å². The van der Waals surface area contributed by atoms with E-state index in [4.69, 9.17) is 10.00 Å². The maximum atomic E-state index is 13.2. The van der Waals surface area contributed by atoms with Crippen LogP contribution in [0.1, 0.15) is 24.8 Å². The Kier molecular flexibility index (Phi) is 4.38. The number of nitrogens with zero attached hydrogens (tertiary/aromatic N) is 1. The van der Waals surface area contributed by atoms with Crippen LogP contribution in [0.2, 0.25) is 0 Å². The molecule has 5 nitrogen and oxygen atoms in total. The highest BCUT2D eigenvalue weighted by Crippen LogP contribution is 2.23. The first-order valence-electron chi connectivity index (χ1n) is 6.21. The molecule has 0 amide bonds. The molecule has 0 saturated heterocycles. The average Bonchev–Trinajstić information content (AvgIpc) is 2.86. The van der Waals surface area contributed by atoms with Crippen LogP contribution in [0.15, 0.2) is 23.1 Å². The van der Waals surface area contributed by atoms with Crippen molar-refractivity contribution in [2.24, 2.45) is 0 Å². The SMILES string of the molecule is COC1CCC(NS(=O)(=O)c2ccc(F)c(C#N)c2)C1. The highest BCUT2D eigenvalue weighted by atomic mass is 32.2. The van der Waals surface area contributed by atoms with Gasteiger partial charge in [0.1, 0.15) is 11.9 Å². The third-order valence-corrected chi connectivity index (χ3v) is 4.93. The quantitative estimate of drug-likeness (QED) is 0.914. The number of rotatable bonds is 4. The lowest BCUT2D eigenvalue weighted by Crippen LogP contribution is -2.33. The molecule has 0 aromatic heterocycles. The van der Waals surface area contributed by atoms with E-state index in [-0.39, 0.29) is 22.6 Å². The average molecular weight is 298 g/mol. The van der Waals surface area contributed by atoms with Gasteiger partial charge in [-0.3, -0.25) is 0 Å². The van der Waals surface area contributed by atoms with Gasteiger partial charge < -0.3 is 4.74 Å². The fraction of sp³-hybridized carbons (Fsp3) is 0.462. The molecule has 2 unspecified atom stereocenters. The molecule has 7 heteroatoms. The topological polar surface area (TPSA) is 79.2 Å². The summed E-state index contributed by atoms with van der Waals surface area (Å²) in [7, 11) is -2.15. The van der Waals surface area contributed by atoms with E-state index in [0.29, 0.717) is 12.8 Å². The largest absolute Gasteiger partial charge is 0.381 e. The Labute approximate surface area is 117 Å². The smallest absolute Gasteiger partial charge is 0.240 e. The molecule has 0 radical (unpaired) electrons. The van der Waals surface area contributed by atoms with Crippen LogP contribution in [0.5, 0.6) is 0 Å². The normalized spacial score (nSPS) is 22.6. The van der Waals surface area contributed by atoms with E-state index >= 15 is 0 Å². The van der Waals surface area contributed by atoms with Gasteiger partial charge in [-0.15, -0.1) is 0 Å². The molecule has 0 heterocycles. The summed E-state index contributed by atoms with van der Waals surface area (Å²) in [6, 6.07) is 4.62. The van der Waals surface area contributed by atoms with Gasteiger partial charge in [-0.05, 0) is 37.5 Å². The third kappa shape index (κ3) is 3.15. The molecule has 1 N–H and O–H groups in total. The molecule has 0 aliphatic heterocycles. The minimum absolute atomic E-state index is 0.0607. The molecule has 2 atom stereocenters. The van der Waals surface area contributed by atoms with Crippen LogP contribution in [0.4, 0.5) is 4.39 Å². The van der Waals surface area contributed by atoms with E-state index in [1.165, 1.54) is 0 Å². The van der Waals surface area contributed by atoms with Crippen LogP contribution >= 0.6 is 0 Å². The third-order valence-electron chi connectivity index (χ3n) is 3.41. The predicted octanol–water partition coefficient (Wildman–Crippen LogP) is 1.54. The van der Waals surface area contributed by atoms with Crippen molar-refractivity contribution in [2.45, 2.75) is 36.3 Å². The summed E-state index contributed by atoms with van der Waals surface area (Å²) in [5, 5.41) is 8.74. The number of nitrogens with one attached hydrogen (secondary N) is 1.